The molecular formula is C17H26N4O. The minimum absolute atomic E-state index is 0.130. The molecule has 22 heavy (non-hydrogen) atoms. The fraction of sp³-hybridized carbons (Fsp3) is 0.529. The highest BCUT2D eigenvalue weighted by molar-refractivity contribution is 5.93. The monoisotopic (exact) mass is 302 g/mol. The fourth-order valence-corrected chi connectivity index (χ4v) is 2.20. The van der Waals surface area contributed by atoms with Crippen LogP contribution in [0.2, 0.25) is 0 Å². The lowest BCUT2D eigenvalue weighted by Gasteiger charge is -2.24. The maximum Gasteiger partial charge on any atom is 0.227 e. The number of carbonyl (C=O) groups excluding carboxylic acids is 1. The number of anilines is 1. The van der Waals surface area contributed by atoms with Gasteiger partial charge in [-0.2, -0.15) is 0 Å². The Morgan fingerprint density at radius 2 is 2.18 bits per heavy atom. The van der Waals surface area contributed by atoms with E-state index < -0.39 is 0 Å². The summed E-state index contributed by atoms with van der Waals surface area (Å²) in [4.78, 5) is 16.3. The molecule has 0 radical (unpaired) electrons. The Bertz CT molecular complexity index is 535. The van der Waals surface area contributed by atoms with E-state index in [2.05, 4.69) is 29.5 Å². The SMILES string of the molecule is CC(C)CNC(N)=NCc1cccc(NC(=O)C2CCC2)c1. The third-order valence-electron chi connectivity index (χ3n) is 3.79. The molecule has 1 amide bonds. The van der Waals surface area contributed by atoms with E-state index in [0.29, 0.717) is 18.4 Å². The summed E-state index contributed by atoms with van der Waals surface area (Å²) in [6.45, 7) is 5.56. The molecule has 0 heterocycles. The first kappa shape index (κ1) is 16.3. The van der Waals surface area contributed by atoms with Crippen molar-refractivity contribution in [3.05, 3.63) is 29.8 Å². The highest BCUT2D eigenvalue weighted by atomic mass is 16.1. The number of amides is 1. The first-order chi connectivity index (χ1) is 10.5. The van der Waals surface area contributed by atoms with Crippen LogP contribution >= 0.6 is 0 Å². The minimum atomic E-state index is 0.130. The number of hydrogen-bond donors (Lipinski definition) is 3. The number of rotatable bonds is 6. The van der Waals surface area contributed by atoms with Crippen molar-refractivity contribution >= 4 is 17.6 Å². The van der Waals surface area contributed by atoms with Crippen molar-refractivity contribution in [2.75, 3.05) is 11.9 Å². The molecule has 0 aliphatic heterocycles. The zero-order valence-electron chi connectivity index (χ0n) is 13.4. The Morgan fingerprint density at radius 3 is 2.82 bits per heavy atom. The van der Waals surface area contributed by atoms with E-state index in [-0.39, 0.29) is 11.8 Å². The number of nitrogens with one attached hydrogen (secondary N) is 2. The van der Waals surface area contributed by atoms with Crippen molar-refractivity contribution in [3.63, 3.8) is 0 Å². The molecule has 1 aliphatic rings. The Hall–Kier alpha value is -2.04. The lowest BCUT2D eigenvalue weighted by atomic mass is 9.85. The molecule has 4 N–H and O–H groups in total. The van der Waals surface area contributed by atoms with Crippen LogP contribution in [0.4, 0.5) is 5.69 Å². The molecule has 1 saturated carbocycles. The van der Waals surface area contributed by atoms with E-state index in [0.717, 1.165) is 37.1 Å². The Morgan fingerprint density at radius 1 is 1.41 bits per heavy atom. The predicted octanol–water partition coefficient (Wildman–Crippen LogP) is 2.49. The van der Waals surface area contributed by atoms with Gasteiger partial charge in [0.05, 0.1) is 6.54 Å². The molecule has 0 saturated heterocycles. The quantitative estimate of drug-likeness (QED) is 0.558. The van der Waals surface area contributed by atoms with Crippen LogP contribution in [0.3, 0.4) is 0 Å². The average Bonchev–Trinajstić information content (AvgIpc) is 2.41. The van der Waals surface area contributed by atoms with Gasteiger partial charge < -0.3 is 16.4 Å². The smallest absolute Gasteiger partial charge is 0.227 e. The van der Waals surface area contributed by atoms with Gasteiger partial charge in [0.1, 0.15) is 0 Å². The summed E-state index contributed by atoms with van der Waals surface area (Å²) in [5.41, 5.74) is 7.68. The summed E-state index contributed by atoms with van der Waals surface area (Å²) in [5, 5.41) is 6.07. The van der Waals surface area contributed by atoms with Gasteiger partial charge >= 0.3 is 0 Å². The third-order valence-corrected chi connectivity index (χ3v) is 3.79. The number of benzene rings is 1. The van der Waals surface area contributed by atoms with Gasteiger partial charge in [0.15, 0.2) is 5.96 Å². The summed E-state index contributed by atoms with van der Waals surface area (Å²) < 4.78 is 0. The summed E-state index contributed by atoms with van der Waals surface area (Å²) in [6, 6.07) is 7.77. The van der Waals surface area contributed by atoms with Crippen LogP contribution < -0.4 is 16.4 Å². The zero-order valence-corrected chi connectivity index (χ0v) is 13.4. The lowest BCUT2D eigenvalue weighted by Crippen LogP contribution is -2.34. The number of aliphatic imine (C=N–C) groups is 1. The number of guanidine groups is 1. The van der Waals surface area contributed by atoms with Gasteiger partial charge in [0, 0.05) is 18.2 Å². The maximum atomic E-state index is 12.0. The van der Waals surface area contributed by atoms with Crippen LogP contribution in [0, 0.1) is 11.8 Å². The molecule has 1 fully saturated rings. The van der Waals surface area contributed by atoms with E-state index in [1.165, 1.54) is 0 Å². The highest BCUT2D eigenvalue weighted by Crippen LogP contribution is 2.27. The highest BCUT2D eigenvalue weighted by Gasteiger charge is 2.25. The van der Waals surface area contributed by atoms with Crippen molar-refractivity contribution in [1.82, 2.24) is 5.32 Å². The van der Waals surface area contributed by atoms with Crippen LogP contribution in [0.15, 0.2) is 29.3 Å². The van der Waals surface area contributed by atoms with E-state index >= 15 is 0 Å². The van der Waals surface area contributed by atoms with Gasteiger partial charge in [0.25, 0.3) is 0 Å². The maximum absolute atomic E-state index is 12.0. The molecule has 120 valence electrons. The van der Waals surface area contributed by atoms with Crippen molar-refractivity contribution < 1.29 is 4.79 Å². The van der Waals surface area contributed by atoms with Gasteiger partial charge in [-0.1, -0.05) is 32.4 Å². The Balaban J connectivity index is 1.87. The zero-order chi connectivity index (χ0) is 15.9. The number of nitrogens with zero attached hydrogens (tertiary/aromatic N) is 1. The van der Waals surface area contributed by atoms with Gasteiger partial charge in [-0.25, -0.2) is 4.99 Å². The van der Waals surface area contributed by atoms with E-state index in [9.17, 15) is 4.79 Å². The van der Waals surface area contributed by atoms with Crippen molar-refractivity contribution in [2.24, 2.45) is 22.6 Å². The van der Waals surface area contributed by atoms with Crippen molar-refractivity contribution in [2.45, 2.75) is 39.7 Å². The average molecular weight is 302 g/mol. The minimum Gasteiger partial charge on any atom is -0.370 e. The number of nitrogens with two attached hydrogens (primary N) is 1. The molecule has 5 heteroatoms. The first-order valence-corrected chi connectivity index (χ1v) is 7.98. The van der Waals surface area contributed by atoms with Crippen LogP contribution in [-0.4, -0.2) is 18.4 Å². The topological polar surface area (TPSA) is 79.5 Å². The molecule has 0 unspecified atom stereocenters. The summed E-state index contributed by atoms with van der Waals surface area (Å²) >= 11 is 0. The molecule has 0 bridgehead atoms. The van der Waals surface area contributed by atoms with Gasteiger partial charge in [-0.3, -0.25) is 4.79 Å². The van der Waals surface area contributed by atoms with Crippen LogP contribution in [-0.2, 0) is 11.3 Å². The molecule has 0 atom stereocenters. The second-order valence-electron chi connectivity index (χ2n) is 6.29. The summed E-state index contributed by atoms with van der Waals surface area (Å²) in [5.74, 6) is 1.30. The molecule has 2 rings (SSSR count). The Kier molecular flexibility index (Phi) is 5.81. The van der Waals surface area contributed by atoms with E-state index in [1.807, 2.05) is 24.3 Å². The third kappa shape index (κ3) is 5.06. The van der Waals surface area contributed by atoms with Crippen LogP contribution in [0.1, 0.15) is 38.7 Å². The molecule has 5 nitrogen and oxygen atoms in total. The van der Waals surface area contributed by atoms with E-state index in [1.54, 1.807) is 0 Å². The number of carbonyl (C=O) groups is 1. The van der Waals surface area contributed by atoms with Crippen LogP contribution in [0.5, 0.6) is 0 Å². The van der Waals surface area contributed by atoms with Crippen molar-refractivity contribution in [3.8, 4) is 0 Å². The van der Waals surface area contributed by atoms with Crippen molar-refractivity contribution in [1.29, 1.82) is 0 Å². The normalized spacial score (nSPS) is 15.5. The predicted molar refractivity (Wildman–Crippen MR) is 90.6 cm³/mol. The second-order valence-corrected chi connectivity index (χ2v) is 6.29. The van der Waals surface area contributed by atoms with Gasteiger partial charge in [0.2, 0.25) is 5.91 Å². The fourth-order valence-electron chi connectivity index (χ4n) is 2.20. The lowest BCUT2D eigenvalue weighted by molar-refractivity contribution is -0.122. The van der Waals surface area contributed by atoms with Gasteiger partial charge in [-0.05, 0) is 36.5 Å². The molecule has 0 spiro atoms. The largest absolute Gasteiger partial charge is 0.370 e. The standard InChI is InChI=1S/C17H26N4O/c1-12(2)10-19-17(18)20-11-13-5-3-8-15(9-13)21-16(22)14-6-4-7-14/h3,5,8-9,12,14H,4,6-7,10-11H2,1-2H3,(H,21,22)(H3,18,19,20). The Labute approximate surface area is 132 Å². The van der Waals surface area contributed by atoms with Crippen LogP contribution in [0.25, 0.3) is 0 Å². The molecule has 1 aromatic carbocycles. The van der Waals surface area contributed by atoms with E-state index in [4.69, 9.17) is 5.73 Å². The van der Waals surface area contributed by atoms with Gasteiger partial charge in [-0.15, -0.1) is 0 Å². The summed E-state index contributed by atoms with van der Waals surface area (Å²) in [6.07, 6.45) is 3.18. The molecule has 1 aliphatic carbocycles. The second kappa shape index (κ2) is 7.82. The first-order valence-electron chi connectivity index (χ1n) is 7.98. The molecular weight excluding hydrogens is 276 g/mol. The number of hydrogen-bond acceptors (Lipinski definition) is 2. The molecule has 1 aromatic rings. The summed E-state index contributed by atoms with van der Waals surface area (Å²) in [7, 11) is 0. The molecule has 0 aromatic heterocycles.